The number of halogens is 1. The summed E-state index contributed by atoms with van der Waals surface area (Å²) in [4.78, 5) is 10.9. The number of rotatable bonds is 2. The van der Waals surface area contributed by atoms with Crippen LogP contribution in [0.3, 0.4) is 0 Å². The van der Waals surface area contributed by atoms with Crippen molar-refractivity contribution in [1.29, 1.82) is 0 Å². The minimum absolute atomic E-state index is 0.553. The maximum atomic E-state index is 10.9. The fraction of sp³-hybridized carbons (Fsp3) is 0.0909. The molecule has 4 heteroatoms. The topological polar surface area (TPSA) is 34.9 Å². The van der Waals surface area contributed by atoms with E-state index in [4.69, 9.17) is 11.6 Å². The standard InChI is InChI=1S/C11H9ClN2O/c1-14-5-4-11(13-14)10-3-2-9(12)6-8(10)7-15/h2-7H,1H3. The second-order valence-corrected chi connectivity index (χ2v) is 3.66. The van der Waals surface area contributed by atoms with Gasteiger partial charge in [-0.3, -0.25) is 9.48 Å². The zero-order valence-corrected chi connectivity index (χ0v) is 8.90. The van der Waals surface area contributed by atoms with E-state index in [0.29, 0.717) is 10.6 Å². The summed E-state index contributed by atoms with van der Waals surface area (Å²) < 4.78 is 1.69. The first-order valence-electron chi connectivity index (χ1n) is 4.45. The Kier molecular flexibility index (Phi) is 2.56. The first kappa shape index (κ1) is 9.93. The molecule has 2 aromatic rings. The van der Waals surface area contributed by atoms with Gasteiger partial charge in [0.25, 0.3) is 0 Å². The van der Waals surface area contributed by atoms with Crippen molar-refractivity contribution in [3.05, 3.63) is 41.0 Å². The molecule has 0 N–H and O–H groups in total. The number of carbonyl (C=O) groups is 1. The Hall–Kier alpha value is -1.61. The van der Waals surface area contributed by atoms with Gasteiger partial charge < -0.3 is 0 Å². The lowest BCUT2D eigenvalue weighted by Gasteiger charge is -2.01. The molecule has 15 heavy (non-hydrogen) atoms. The second kappa shape index (κ2) is 3.87. The number of hydrogen-bond acceptors (Lipinski definition) is 2. The molecule has 0 aliphatic carbocycles. The lowest BCUT2D eigenvalue weighted by Crippen LogP contribution is -1.91. The SMILES string of the molecule is Cn1ccc(-c2ccc(Cl)cc2C=O)n1. The molecule has 0 bridgehead atoms. The summed E-state index contributed by atoms with van der Waals surface area (Å²) in [5, 5.41) is 4.79. The predicted octanol–water partition coefficient (Wildman–Crippen LogP) is 2.55. The van der Waals surface area contributed by atoms with Gasteiger partial charge in [0, 0.05) is 29.4 Å². The summed E-state index contributed by atoms with van der Waals surface area (Å²) >= 11 is 5.80. The molecule has 1 heterocycles. The predicted molar refractivity (Wildman–Crippen MR) is 59.0 cm³/mol. The van der Waals surface area contributed by atoms with Crippen molar-refractivity contribution in [2.24, 2.45) is 7.05 Å². The van der Waals surface area contributed by atoms with Crippen molar-refractivity contribution in [1.82, 2.24) is 9.78 Å². The van der Waals surface area contributed by atoms with Crippen molar-refractivity contribution >= 4 is 17.9 Å². The first-order valence-corrected chi connectivity index (χ1v) is 4.83. The van der Waals surface area contributed by atoms with Crippen molar-refractivity contribution < 1.29 is 4.79 Å². The molecular weight excluding hydrogens is 212 g/mol. The molecule has 1 aromatic heterocycles. The summed E-state index contributed by atoms with van der Waals surface area (Å²) in [7, 11) is 1.83. The summed E-state index contributed by atoms with van der Waals surface area (Å²) in [6, 6.07) is 7.04. The Morgan fingerprint density at radius 1 is 1.40 bits per heavy atom. The summed E-state index contributed by atoms with van der Waals surface area (Å²) in [6.45, 7) is 0. The minimum Gasteiger partial charge on any atom is -0.298 e. The van der Waals surface area contributed by atoms with Crippen LogP contribution in [0, 0.1) is 0 Å². The maximum absolute atomic E-state index is 10.9. The van der Waals surface area contributed by atoms with Crippen LogP contribution in [0.1, 0.15) is 10.4 Å². The molecule has 2 rings (SSSR count). The van der Waals surface area contributed by atoms with Crippen LogP contribution in [-0.2, 0) is 7.05 Å². The van der Waals surface area contributed by atoms with Crippen molar-refractivity contribution in [2.75, 3.05) is 0 Å². The molecule has 3 nitrogen and oxygen atoms in total. The zero-order chi connectivity index (χ0) is 10.8. The second-order valence-electron chi connectivity index (χ2n) is 3.22. The van der Waals surface area contributed by atoms with Crippen molar-refractivity contribution in [3.63, 3.8) is 0 Å². The van der Waals surface area contributed by atoms with Gasteiger partial charge in [0.1, 0.15) is 0 Å². The van der Waals surface area contributed by atoms with Crippen LogP contribution in [0.25, 0.3) is 11.3 Å². The van der Waals surface area contributed by atoms with E-state index in [1.807, 2.05) is 19.3 Å². The smallest absolute Gasteiger partial charge is 0.150 e. The van der Waals surface area contributed by atoms with Crippen molar-refractivity contribution in [3.8, 4) is 11.3 Å². The quantitative estimate of drug-likeness (QED) is 0.729. The van der Waals surface area contributed by atoms with Gasteiger partial charge in [-0.25, -0.2) is 0 Å². The molecule has 0 amide bonds. The van der Waals surface area contributed by atoms with Gasteiger partial charge in [0.2, 0.25) is 0 Å². The van der Waals surface area contributed by atoms with E-state index in [2.05, 4.69) is 5.10 Å². The van der Waals surface area contributed by atoms with Gasteiger partial charge in [-0.15, -0.1) is 0 Å². The Morgan fingerprint density at radius 2 is 2.20 bits per heavy atom. The molecule has 1 aromatic carbocycles. The molecular formula is C11H9ClN2O. The molecule has 0 aliphatic rings. The highest BCUT2D eigenvalue weighted by atomic mass is 35.5. The van der Waals surface area contributed by atoms with Gasteiger partial charge in [-0.2, -0.15) is 5.10 Å². The molecule has 0 saturated carbocycles. The molecule has 0 saturated heterocycles. The molecule has 0 atom stereocenters. The molecule has 0 unspecified atom stereocenters. The molecule has 0 radical (unpaired) electrons. The average Bonchev–Trinajstić information content (AvgIpc) is 2.64. The Morgan fingerprint density at radius 3 is 2.80 bits per heavy atom. The van der Waals surface area contributed by atoms with Gasteiger partial charge in [-0.05, 0) is 18.2 Å². The van der Waals surface area contributed by atoms with E-state index in [-0.39, 0.29) is 0 Å². The zero-order valence-electron chi connectivity index (χ0n) is 8.14. The summed E-state index contributed by atoms with van der Waals surface area (Å²) in [5.41, 5.74) is 2.13. The highest BCUT2D eigenvalue weighted by molar-refractivity contribution is 6.31. The Bertz CT molecular complexity index is 505. The van der Waals surface area contributed by atoms with Crippen LogP contribution in [0.15, 0.2) is 30.5 Å². The van der Waals surface area contributed by atoms with Crippen LogP contribution in [0.4, 0.5) is 0 Å². The number of benzene rings is 1. The summed E-state index contributed by atoms with van der Waals surface area (Å²) in [5.74, 6) is 0. The fourth-order valence-electron chi connectivity index (χ4n) is 1.42. The van der Waals surface area contributed by atoms with Crippen molar-refractivity contribution in [2.45, 2.75) is 0 Å². The lowest BCUT2D eigenvalue weighted by molar-refractivity contribution is 0.112. The Labute approximate surface area is 92.3 Å². The Balaban J connectivity index is 2.57. The van der Waals surface area contributed by atoms with Crippen LogP contribution in [0.5, 0.6) is 0 Å². The van der Waals surface area contributed by atoms with Crippen LogP contribution in [0.2, 0.25) is 5.02 Å². The van der Waals surface area contributed by atoms with E-state index in [1.54, 1.807) is 22.9 Å². The number of carbonyl (C=O) groups excluding carboxylic acids is 1. The summed E-state index contributed by atoms with van der Waals surface area (Å²) in [6.07, 6.45) is 2.62. The molecule has 0 aliphatic heterocycles. The van der Waals surface area contributed by atoms with E-state index >= 15 is 0 Å². The van der Waals surface area contributed by atoms with E-state index in [9.17, 15) is 4.79 Å². The molecule has 0 spiro atoms. The van der Waals surface area contributed by atoms with Crippen LogP contribution >= 0.6 is 11.6 Å². The average molecular weight is 221 g/mol. The number of aryl methyl sites for hydroxylation is 1. The van der Waals surface area contributed by atoms with E-state index < -0.39 is 0 Å². The lowest BCUT2D eigenvalue weighted by atomic mass is 10.1. The van der Waals surface area contributed by atoms with Gasteiger partial charge in [0.15, 0.2) is 6.29 Å². The third-order valence-corrected chi connectivity index (χ3v) is 2.37. The third-order valence-electron chi connectivity index (χ3n) is 2.13. The monoisotopic (exact) mass is 220 g/mol. The van der Waals surface area contributed by atoms with E-state index in [0.717, 1.165) is 17.5 Å². The number of hydrogen-bond donors (Lipinski definition) is 0. The highest BCUT2D eigenvalue weighted by Crippen LogP contribution is 2.23. The third kappa shape index (κ3) is 1.92. The molecule has 76 valence electrons. The largest absolute Gasteiger partial charge is 0.298 e. The highest BCUT2D eigenvalue weighted by Gasteiger charge is 2.07. The maximum Gasteiger partial charge on any atom is 0.150 e. The van der Waals surface area contributed by atoms with Gasteiger partial charge in [-0.1, -0.05) is 17.7 Å². The van der Waals surface area contributed by atoms with E-state index in [1.165, 1.54) is 0 Å². The minimum atomic E-state index is 0.553. The van der Waals surface area contributed by atoms with Crippen LogP contribution < -0.4 is 0 Å². The first-order chi connectivity index (χ1) is 7.20. The van der Waals surface area contributed by atoms with Crippen LogP contribution in [-0.4, -0.2) is 16.1 Å². The normalized spacial score (nSPS) is 10.3. The number of nitrogens with zero attached hydrogens (tertiary/aromatic N) is 2. The van der Waals surface area contributed by atoms with Gasteiger partial charge in [0.05, 0.1) is 5.69 Å². The number of aldehydes is 1. The fourth-order valence-corrected chi connectivity index (χ4v) is 1.60. The number of aromatic nitrogens is 2. The van der Waals surface area contributed by atoms with Gasteiger partial charge >= 0.3 is 0 Å². The molecule has 0 fully saturated rings.